The van der Waals surface area contributed by atoms with E-state index < -0.39 is 0 Å². The van der Waals surface area contributed by atoms with Gasteiger partial charge in [-0.15, -0.1) is 0 Å². The number of H-pyrrole nitrogens is 1. The Balaban J connectivity index is 1.58. The summed E-state index contributed by atoms with van der Waals surface area (Å²) in [6.45, 7) is 5.94. The molecule has 0 aliphatic carbocycles. The Morgan fingerprint density at radius 1 is 1.24 bits per heavy atom. The van der Waals surface area contributed by atoms with Crippen molar-refractivity contribution in [3.63, 3.8) is 0 Å². The molecule has 128 valence electrons. The van der Waals surface area contributed by atoms with Crippen molar-refractivity contribution < 1.29 is 9.53 Å². The normalized spacial score (nSPS) is 11.2. The lowest BCUT2D eigenvalue weighted by atomic mass is 10.1. The number of hydrogen-bond acceptors (Lipinski definition) is 3. The number of carbonyl (C=O) groups is 1. The summed E-state index contributed by atoms with van der Waals surface area (Å²) < 4.78 is 5.63. The lowest BCUT2D eigenvalue weighted by Gasteiger charge is -2.11. The van der Waals surface area contributed by atoms with Crippen molar-refractivity contribution in [1.82, 2.24) is 10.4 Å². The van der Waals surface area contributed by atoms with E-state index in [4.69, 9.17) is 4.74 Å². The van der Waals surface area contributed by atoms with E-state index in [-0.39, 0.29) is 12.5 Å². The second-order valence-corrected chi connectivity index (χ2v) is 6.08. The van der Waals surface area contributed by atoms with Gasteiger partial charge in [-0.1, -0.05) is 24.3 Å². The second kappa shape index (κ2) is 7.21. The molecule has 3 aromatic rings. The number of aromatic amines is 1. The standard InChI is InChI=1S/C20H21N3O2/c1-13-8-14(2)15(3)19(9-13)25-12-20(24)23-22-11-16-10-21-18-7-5-4-6-17(16)18/h4-11,21H,12H2,1-3H3,(H,23,24)/b22-11+. The van der Waals surface area contributed by atoms with Crippen molar-refractivity contribution in [2.75, 3.05) is 6.61 Å². The first-order valence-corrected chi connectivity index (χ1v) is 8.13. The van der Waals surface area contributed by atoms with Gasteiger partial charge in [0, 0.05) is 22.7 Å². The zero-order chi connectivity index (χ0) is 17.8. The average Bonchev–Trinajstić information content (AvgIpc) is 3.00. The van der Waals surface area contributed by atoms with Gasteiger partial charge >= 0.3 is 0 Å². The molecule has 0 atom stereocenters. The molecule has 0 saturated heterocycles. The summed E-state index contributed by atoms with van der Waals surface area (Å²) in [6.07, 6.45) is 3.48. The number of amides is 1. The summed E-state index contributed by atoms with van der Waals surface area (Å²) >= 11 is 0. The number of nitrogens with zero attached hydrogens (tertiary/aromatic N) is 1. The van der Waals surface area contributed by atoms with Crippen LogP contribution < -0.4 is 10.2 Å². The number of hydrogen-bond donors (Lipinski definition) is 2. The topological polar surface area (TPSA) is 66.5 Å². The fraction of sp³-hybridized carbons (Fsp3) is 0.200. The zero-order valence-corrected chi connectivity index (χ0v) is 14.6. The Hall–Kier alpha value is -3.08. The van der Waals surface area contributed by atoms with Gasteiger partial charge in [-0.2, -0.15) is 5.10 Å². The molecule has 1 aromatic heterocycles. The quantitative estimate of drug-likeness (QED) is 0.552. The number of rotatable bonds is 5. The number of ether oxygens (including phenoxy) is 1. The Labute approximate surface area is 146 Å². The molecule has 0 bridgehead atoms. The third-order valence-electron chi connectivity index (χ3n) is 4.14. The van der Waals surface area contributed by atoms with Crippen molar-refractivity contribution in [3.8, 4) is 5.75 Å². The molecule has 25 heavy (non-hydrogen) atoms. The van der Waals surface area contributed by atoms with E-state index in [2.05, 4.69) is 21.6 Å². The molecule has 2 aromatic carbocycles. The van der Waals surface area contributed by atoms with Crippen molar-refractivity contribution in [3.05, 3.63) is 64.8 Å². The number of aryl methyl sites for hydroxylation is 2. The molecule has 0 aliphatic rings. The predicted octanol–water partition coefficient (Wildman–Crippen LogP) is 3.62. The molecule has 1 heterocycles. The van der Waals surface area contributed by atoms with E-state index in [1.807, 2.05) is 57.3 Å². The van der Waals surface area contributed by atoms with Crippen molar-refractivity contribution in [2.24, 2.45) is 5.10 Å². The first kappa shape index (κ1) is 16.8. The summed E-state index contributed by atoms with van der Waals surface area (Å²) in [5.74, 6) is 0.433. The summed E-state index contributed by atoms with van der Waals surface area (Å²) in [7, 11) is 0. The smallest absolute Gasteiger partial charge is 0.277 e. The van der Waals surface area contributed by atoms with E-state index in [1.165, 1.54) is 0 Å². The van der Waals surface area contributed by atoms with Crippen LogP contribution in [0, 0.1) is 20.8 Å². The summed E-state index contributed by atoms with van der Waals surface area (Å²) in [6, 6.07) is 11.9. The van der Waals surface area contributed by atoms with Crippen LogP contribution in [0.4, 0.5) is 0 Å². The molecule has 0 spiro atoms. The van der Waals surface area contributed by atoms with Gasteiger partial charge in [-0.3, -0.25) is 4.79 Å². The monoisotopic (exact) mass is 335 g/mol. The molecule has 2 N–H and O–H groups in total. The van der Waals surface area contributed by atoms with E-state index in [0.717, 1.165) is 38.9 Å². The van der Waals surface area contributed by atoms with Crippen molar-refractivity contribution in [1.29, 1.82) is 0 Å². The van der Waals surface area contributed by atoms with Crippen LogP contribution in [0.25, 0.3) is 10.9 Å². The summed E-state index contributed by atoms with van der Waals surface area (Å²) in [5.41, 5.74) is 7.74. The van der Waals surface area contributed by atoms with Gasteiger partial charge in [-0.05, 0) is 49.6 Å². The second-order valence-electron chi connectivity index (χ2n) is 6.08. The minimum absolute atomic E-state index is 0.0744. The zero-order valence-electron chi connectivity index (χ0n) is 14.6. The Morgan fingerprint density at radius 2 is 2.04 bits per heavy atom. The molecule has 1 amide bonds. The highest BCUT2D eigenvalue weighted by molar-refractivity contribution is 5.99. The molecule has 0 radical (unpaired) electrons. The van der Waals surface area contributed by atoms with Crippen molar-refractivity contribution >= 4 is 23.0 Å². The molecule has 5 nitrogen and oxygen atoms in total. The van der Waals surface area contributed by atoms with Gasteiger partial charge in [0.05, 0.1) is 6.21 Å². The predicted molar refractivity (Wildman–Crippen MR) is 100 cm³/mol. The van der Waals surface area contributed by atoms with Crippen molar-refractivity contribution in [2.45, 2.75) is 20.8 Å². The van der Waals surface area contributed by atoms with Gasteiger partial charge < -0.3 is 9.72 Å². The maximum Gasteiger partial charge on any atom is 0.277 e. The lowest BCUT2D eigenvalue weighted by Crippen LogP contribution is -2.24. The number of para-hydroxylation sites is 1. The van der Waals surface area contributed by atoms with Gasteiger partial charge in [0.15, 0.2) is 6.61 Å². The largest absolute Gasteiger partial charge is 0.483 e. The maximum absolute atomic E-state index is 11.9. The number of fused-ring (bicyclic) bond motifs is 1. The Bertz CT molecular complexity index is 941. The van der Waals surface area contributed by atoms with Crippen LogP contribution in [0.1, 0.15) is 22.3 Å². The molecule has 5 heteroatoms. The number of aromatic nitrogens is 1. The van der Waals surface area contributed by atoms with Gasteiger partial charge in [0.2, 0.25) is 0 Å². The molecule has 0 fully saturated rings. The highest BCUT2D eigenvalue weighted by Gasteiger charge is 2.07. The molecule has 3 rings (SSSR count). The van der Waals surface area contributed by atoms with Gasteiger partial charge in [0.1, 0.15) is 5.75 Å². The van der Waals surface area contributed by atoms with Crippen LogP contribution in [0.3, 0.4) is 0 Å². The minimum atomic E-state index is -0.297. The Kier molecular flexibility index (Phi) is 4.84. The SMILES string of the molecule is Cc1cc(C)c(C)c(OCC(=O)N/N=C/c2c[nH]c3ccccc23)c1. The summed E-state index contributed by atoms with van der Waals surface area (Å²) in [4.78, 5) is 15.1. The first-order chi connectivity index (χ1) is 12.0. The lowest BCUT2D eigenvalue weighted by molar-refractivity contribution is -0.123. The van der Waals surface area contributed by atoms with Gasteiger partial charge in [0.25, 0.3) is 5.91 Å². The van der Waals surface area contributed by atoms with Crippen LogP contribution in [0.2, 0.25) is 0 Å². The van der Waals surface area contributed by atoms with Crippen LogP contribution in [-0.4, -0.2) is 23.7 Å². The van der Waals surface area contributed by atoms with E-state index in [1.54, 1.807) is 6.21 Å². The number of hydrazone groups is 1. The number of carbonyl (C=O) groups excluding carboxylic acids is 1. The minimum Gasteiger partial charge on any atom is -0.483 e. The van der Waals surface area contributed by atoms with Crippen LogP contribution in [0.5, 0.6) is 5.75 Å². The Morgan fingerprint density at radius 3 is 2.88 bits per heavy atom. The highest BCUT2D eigenvalue weighted by Crippen LogP contribution is 2.23. The third-order valence-corrected chi connectivity index (χ3v) is 4.14. The van der Waals surface area contributed by atoms with E-state index in [0.29, 0.717) is 0 Å². The maximum atomic E-state index is 11.9. The van der Waals surface area contributed by atoms with Crippen LogP contribution in [-0.2, 0) is 4.79 Å². The molecular weight excluding hydrogens is 314 g/mol. The number of benzene rings is 2. The van der Waals surface area contributed by atoms with E-state index in [9.17, 15) is 4.79 Å². The fourth-order valence-electron chi connectivity index (χ4n) is 2.70. The van der Waals surface area contributed by atoms with E-state index >= 15 is 0 Å². The average molecular weight is 335 g/mol. The number of nitrogens with one attached hydrogen (secondary N) is 2. The van der Waals surface area contributed by atoms with Crippen LogP contribution >= 0.6 is 0 Å². The fourth-order valence-corrected chi connectivity index (χ4v) is 2.70. The third kappa shape index (κ3) is 3.88. The molecule has 0 aliphatic heterocycles. The van der Waals surface area contributed by atoms with Gasteiger partial charge in [-0.25, -0.2) is 5.43 Å². The molecule has 0 unspecified atom stereocenters. The molecular formula is C20H21N3O2. The van der Waals surface area contributed by atoms with Crippen LogP contribution in [0.15, 0.2) is 47.7 Å². The summed E-state index contributed by atoms with van der Waals surface area (Å²) in [5, 5.41) is 5.07. The molecule has 0 saturated carbocycles. The first-order valence-electron chi connectivity index (χ1n) is 8.13. The highest BCUT2D eigenvalue weighted by atomic mass is 16.5.